The number of nitrogens with zero attached hydrogens (tertiary/aromatic N) is 2. The number of benzene rings is 1. The van der Waals surface area contributed by atoms with E-state index in [1.54, 1.807) is 0 Å². The topological polar surface area (TPSA) is 56.7 Å². The molecule has 2 rings (SSSR count). The van der Waals surface area contributed by atoms with E-state index in [1.807, 2.05) is 11.8 Å². The average molecular weight is 384 g/mol. The Bertz CT molecular complexity index is 623. The Morgan fingerprint density at radius 1 is 1.15 bits per heavy atom. The van der Waals surface area contributed by atoms with Gasteiger partial charge in [-0.15, -0.1) is 0 Å². The van der Waals surface area contributed by atoms with E-state index < -0.39 is 11.7 Å². The van der Waals surface area contributed by atoms with Gasteiger partial charge in [-0.25, -0.2) is 0 Å². The molecule has 1 heterocycles. The second-order valence-corrected chi connectivity index (χ2v) is 6.47. The van der Waals surface area contributed by atoms with Crippen LogP contribution >= 0.6 is 0 Å². The van der Waals surface area contributed by atoms with E-state index >= 15 is 0 Å². The summed E-state index contributed by atoms with van der Waals surface area (Å²) in [7, 11) is 0. The summed E-state index contributed by atoms with van der Waals surface area (Å²) in [6.07, 6.45) is -1.20. The Labute approximate surface area is 158 Å². The van der Waals surface area contributed by atoms with E-state index in [4.69, 9.17) is 0 Å². The number of alkyl halides is 3. The lowest BCUT2D eigenvalue weighted by Crippen LogP contribution is -2.38. The number of guanidine groups is 1. The van der Waals surface area contributed by atoms with Crippen molar-refractivity contribution in [1.29, 1.82) is 0 Å². The molecule has 0 atom stereocenters. The van der Waals surface area contributed by atoms with Crippen molar-refractivity contribution < 1.29 is 18.0 Å². The summed E-state index contributed by atoms with van der Waals surface area (Å²) in [5.41, 5.74) is 0.173. The maximum atomic E-state index is 12.6. The molecule has 1 aliphatic heterocycles. The van der Waals surface area contributed by atoms with Crippen molar-refractivity contribution in [2.24, 2.45) is 4.99 Å². The Morgan fingerprint density at radius 3 is 2.41 bits per heavy atom. The number of hydrogen-bond acceptors (Lipinski definition) is 2. The Morgan fingerprint density at radius 2 is 1.81 bits per heavy atom. The number of nitrogens with one attached hydrogen (secondary N) is 2. The van der Waals surface area contributed by atoms with Crippen molar-refractivity contribution in [3.63, 3.8) is 0 Å². The first kappa shape index (κ1) is 21.1. The lowest BCUT2D eigenvalue weighted by atomic mass is 10.1. The summed E-state index contributed by atoms with van der Waals surface area (Å²) in [4.78, 5) is 18.3. The van der Waals surface area contributed by atoms with Gasteiger partial charge in [0.2, 0.25) is 5.91 Å². The van der Waals surface area contributed by atoms with E-state index in [0.29, 0.717) is 38.4 Å². The maximum Gasteiger partial charge on any atom is 0.416 e. The molecule has 0 bridgehead atoms. The first-order valence-electron chi connectivity index (χ1n) is 9.36. The minimum absolute atomic E-state index is 0.136. The molecule has 0 spiro atoms. The zero-order valence-electron chi connectivity index (χ0n) is 15.6. The number of likely N-dealkylation sites (tertiary alicyclic amines) is 1. The van der Waals surface area contributed by atoms with Gasteiger partial charge in [0.05, 0.1) is 12.1 Å². The molecule has 0 aromatic heterocycles. The van der Waals surface area contributed by atoms with E-state index in [-0.39, 0.29) is 5.91 Å². The molecule has 0 radical (unpaired) electrons. The van der Waals surface area contributed by atoms with E-state index in [1.165, 1.54) is 12.1 Å². The van der Waals surface area contributed by atoms with E-state index in [0.717, 1.165) is 43.6 Å². The second kappa shape index (κ2) is 10.2. The normalized spacial score (nSPS) is 15.1. The summed E-state index contributed by atoms with van der Waals surface area (Å²) in [5, 5.41) is 6.26. The van der Waals surface area contributed by atoms with Crippen LogP contribution in [-0.4, -0.2) is 49.5 Å². The van der Waals surface area contributed by atoms with Crippen molar-refractivity contribution in [3.8, 4) is 0 Å². The molecular formula is C19H27F3N4O. The minimum Gasteiger partial charge on any atom is -0.357 e. The first-order chi connectivity index (χ1) is 12.9. The quantitative estimate of drug-likeness (QED) is 0.562. The van der Waals surface area contributed by atoms with Gasteiger partial charge < -0.3 is 15.5 Å². The predicted octanol–water partition coefficient (Wildman–Crippen LogP) is 2.82. The highest BCUT2D eigenvalue weighted by Gasteiger charge is 2.29. The van der Waals surface area contributed by atoms with Gasteiger partial charge in [0.1, 0.15) is 0 Å². The fraction of sp³-hybridized carbons (Fsp3) is 0.579. The molecule has 1 saturated heterocycles. The molecule has 1 aromatic rings. The van der Waals surface area contributed by atoms with Gasteiger partial charge in [0.25, 0.3) is 0 Å². The van der Waals surface area contributed by atoms with E-state index in [2.05, 4.69) is 15.6 Å². The summed E-state index contributed by atoms with van der Waals surface area (Å²) >= 11 is 0. The van der Waals surface area contributed by atoms with Gasteiger partial charge in [-0.1, -0.05) is 12.1 Å². The number of aliphatic imine (C=N–C) groups is 1. The summed E-state index contributed by atoms with van der Waals surface area (Å²) in [6, 6.07) is 5.17. The van der Waals surface area contributed by atoms with Crippen molar-refractivity contribution in [2.45, 2.75) is 38.8 Å². The highest BCUT2D eigenvalue weighted by Crippen LogP contribution is 2.29. The molecule has 1 aliphatic rings. The van der Waals surface area contributed by atoms with Gasteiger partial charge in [-0.3, -0.25) is 9.79 Å². The molecule has 0 unspecified atom stereocenters. The number of hydrogen-bond donors (Lipinski definition) is 2. The number of carbonyl (C=O) groups is 1. The van der Waals surface area contributed by atoms with Crippen LogP contribution in [0.2, 0.25) is 0 Å². The summed E-state index contributed by atoms with van der Waals surface area (Å²) in [6.45, 7) is 5.26. The van der Waals surface area contributed by atoms with Gasteiger partial charge in [0.15, 0.2) is 5.96 Å². The van der Waals surface area contributed by atoms with Crippen LogP contribution in [0.15, 0.2) is 29.3 Å². The van der Waals surface area contributed by atoms with Gasteiger partial charge in [-0.2, -0.15) is 13.2 Å². The van der Waals surface area contributed by atoms with Crippen LogP contribution in [0.1, 0.15) is 37.3 Å². The molecule has 1 amide bonds. The molecular weight excluding hydrogens is 357 g/mol. The van der Waals surface area contributed by atoms with Crippen LogP contribution in [0.5, 0.6) is 0 Å². The minimum atomic E-state index is -4.31. The number of amides is 1. The Hall–Kier alpha value is -2.25. The largest absolute Gasteiger partial charge is 0.416 e. The van der Waals surface area contributed by atoms with Crippen LogP contribution in [0, 0.1) is 0 Å². The monoisotopic (exact) mass is 384 g/mol. The first-order valence-corrected chi connectivity index (χ1v) is 9.36. The number of carbonyl (C=O) groups excluding carboxylic acids is 1. The van der Waals surface area contributed by atoms with E-state index in [9.17, 15) is 18.0 Å². The summed E-state index contributed by atoms with van der Waals surface area (Å²) < 4.78 is 37.7. The maximum absolute atomic E-state index is 12.6. The molecule has 0 aliphatic carbocycles. The Balaban J connectivity index is 1.77. The molecule has 27 heavy (non-hydrogen) atoms. The van der Waals surface area contributed by atoms with Crippen LogP contribution in [0.3, 0.4) is 0 Å². The SMILES string of the molecule is CCNC(=NCCC(=O)N1CCCC1)NCCc1ccc(C(F)(F)F)cc1. The predicted molar refractivity (Wildman–Crippen MR) is 99.6 cm³/mol. The highest BCUT2D eigenvalue weighted by molar-refractivity contribution is 5.80. The molecule has 0 saturated carbocycles. The standard InChI is InChI=1S/C19H27F3N4O/c1-2-23-18(25-12-10-17(27)26-13-3-4-14-26)24-11-9-15-5-7-16(8-6-15)19(20,21)22/h5-8H,2-4,9-14H2,1H3,(H2,23,24,25). The van der Waals surface area contributed by atoms with Gasteiger partial charge in [-0.05, 0) is 43.9 Å². The van der Waals surface area contributed by atoms with Crippen LogP contribution in [-0.2, 0) is 17.4 Å². The second-order valence-electron chi connectivity index (χ2n) is 6.47. The highest BCUT2D eigenvalue weighted by atomic mass is 19.4. The van der Waals surface area contributed by atoms with Gasteiger partial charge in [0, 0.05) is 32.6 Å². The molecule has 1 aromatic carbocycles. The lowest BCUT2D eigenvalue weighted by molar-refractivity contribution is -0.137. The van der Waals surface area contributed by atoms with Crippen molar-refractivity contribution in [1.82, 2.24) is 15.5 Å². The fourth-order valence-electron chi connectivity index (χ4n) is 2.92. The molecule has 150 valence electrons. The van der Waals surface area contributed by atoms with Crippen molar-refractivity contribution in [2.75, 3.05) is 32.7 Å². The van der Waals surface area contributed by atoms with Crippen molar-refractivity contribution >= 4 is 11.9 Å². The third-order valence-corrected chi connectivity index (χ3v) is 4.39. The molecule has 1 fully saturated rings. The zero-order chi connectivity index (χ0) is 19.7. The van der Waals surface area contributed by atoms with Crippen LogP contribution < -0.4 is 10.6 Å². The third-order valence-electron chi connectivity index (χ3n) is 4.39. The summed E-state index contributed by atoms with van der Waals surface area (Å²) in [5.74, 6) is 0.746. The fourth-order valence-corrected chi connectivity index (χ4v) is 2.92. The molecule has 8 heteroatoms. The number of rotatable bonds is 7. The lowest BCUT2D eigenvalue weighted by Gasteiger charge is -2.15. The molecule has 5 nitrogen and oxygen atoms in total. The van der Waals surface area contributed by atoms with Crippen LogP contribution in [0.25, 0.3) is 0 Å². The van der Waals surface area contributed by atoms with Crippen LogP contribution in [0.4, 0.5) is 13.2 Å². The number of halogens is 3. The average Bonchev–Trinajstić information content (AvgIpc) is 3.16. The smallest absolute Gasteiger partial charge is 0.357 e. The van der Waals surface area contributed by atoms with Gasteiger partial charge >= 0.3 is 6.18 Å². The zero-order valence-corrected chi connectivity index (χ0v) is 15.6. The third kappa shape index (κ3) is 7.11. The van der Waals surface area contributed by atoms with Crippen molar-refractivity contribution in [3.05, 3.63) is 35.4 Å². The molecule has 2 N–H and O–H groups in total. The Kier molecular flexibility index (Phi) is 7.94.